The van der Waals surface area contributed by atoms with Crippen LogP contribution in [0.2, 0.25) is 5.02 Å². The predicted molar refractivity (Wildman–Crippen MR) is 93.0 cm³/mol. The second-order valence-corrected chi connectivity index (χ2v) is 6.86. The zero-order valence-corrected chi connectivity index (χ0v) is 14.6. The van der Waals surface area contributed by atoms with Crippen LogP contribution < -0.4 is 10.6 Å². The maximum Gasteiger partial charge on any atom is 0.319 e. The Balaban J connectivity index is 2.00. The first-order valence-corrected chi connectivity index (χ1v) is 8.33. The molecule has 1 aromatic carbocycles. The van der Waals surface area contributed by atoms with E-state index in [9.17, 15) is 9.59 Å². The Morgan fingerprint density at radius 1 is 1.17 bits per heavy atom. The SMILES string of the molecule is CC1CCC(NC(=O)Nc2cc(C(=O)N(C)C)ccc2Cl)CC1. The third-order valence-corrected chi connectivity index (χ3v) is 4.55. The standard InChI is InChI=1S/C17H24ClN3O2/c1-11-4-7-13(8-5-11)19-17(23)20-15-10-12(6-9-14(15)18)16(22)21(2)3/h6,9-11,13H,4-5,7-8H2,1-3H3,(H2,19,20,23). The fraction of sp³-hybridized carbons (Fsp3) is 0.529. The molecule has 0 unspecified atom stereocenters. The largest absolute Gasteiger partial charge is 0.345 e. The lowest BCUT2D eigenvalue weighted by molar-refractivity contribution is 0.0827. The number of anilines is 1. The highest BCUT2D eigenvalue weighted by Crippen LogP contribution is 2.25. The molecule has 0 atom stereocenters. The highest BCUT2D eigenvalue weighted by Gasteiger charge is 2.20. The number of hydrogen-bond donors (Lipinski definition) is 2. The molecule has 6 heteroatoms. The number of amides is 3. The third kappa shape index (κ3) is 4.86. The van der Waals surface area contributed by atoms with Gasteiger partial charge in [-0.15, -0.1) is 0 Å². The quantitative estimate of drug-likeness (QED) is 0.882. The highest BCUT2D eigenvalue weighted by molar-refractivity contribution is 6.33. The Labute approximate surface area is 142 Å². The minimum Gasteiger partial charge on any atom is -0.345 e. The first kappa shape index (κ1) is 17.6. The van der Waals surface area contributed by atoms with Crippen LogP contribution >= 0.6 is 11.6 Å². The summed E-state index contributed by atoms with van der Waals surface area (Å²) in [6.45, 7) is 2.24. The molecular formula is C17H24ClN3O2. The summed E-state index contributed by atoms with van der Waals surface area (Å²) in [5, 5.41) is 6.14. The number of urea groups is 1. The number of benzene rings is 1. The van der Waals surface area contributed by atoms with E-state index in [-0.39, 0.29) is 18.0 Å². The van der Waals surface area contributed by atoms with Crippen molar-refractivity contribution in [1.29, 1.82) is 0 Å². The summed E-state index contributed by atoms with van der Waals surface area (Å²) in [7, 11) is 3.36. The van der Waals surface area contributed by atoms with Gasteiger partial charge in [0.2, 0.25) is 0 Å². The first-order valence-electron chi connectivity index (χ1n) is 7.95. The Hall–Kier alpha value is -1.75. The molecule has 2 N–H and O–H groups in total. The Morgan fingerprint density at radius 2 is 1.83 bits per heavy atom. The van der Waals surface area contributed by atoms with Crippen molar-refractivity contribution in [2.24, 2.45) is 5.92 Å². The van der Waals surface area contributed by atoms with Crippen molar-refractivity contribution < 1.29 is 9.59 Å². The molecule has 0 aliphatic heterocycles. The Kier molecular flexibility index (Phi) is 5.88. The highest BCUT2D eigenvalue weighted by atomic mass is 35.5. The summed E-state index contributed by atoms with van der Waals surface area (Å²) >= 11 is 6.12. The monoisotopic (exact) mass is 337 g/mol. The van der Waals surface area contributed by atoms with Gasteiger partial charge in [0.25, 0.3) is 5.91 Å². The summed E-state index contributed by atoms with van der Waals surface area (Å²) in [4.78, 5) is 25.6. The van der Waals surface area contributed by atoms with E-state index in [4.69, 9.17) is 11.6 Å². The van der Waals surface area contributed by atoms with Gasteiger partial charge in [-0.1, -0.05) is 18.5 Å². The molecule has 0 bridgehead atoms. The summed E-state index contributed by atoms with van der Waals surface area (Å²) in [5.41, 5.74) is 0.933. The molecule has 23 heavy (non-hydrogen) atoms. The van der Waals surface area contributed by atoms with Gasteiger partial charge in [-0.05, 0) is 49.8 Å². The molecule has 0 radical (unpaired) electrons. The van der Waals surface area contributed by atoms with Gasteiger partial charge in [0, 0.05) is 25.7 Å². The van der Waals surface area contributed by atoms with E-state index in [1.165, 1.54) is 4.90 Å². The molecule has 1 fully saturated rings. The summed E-state index contributed by atoms with van der Waals surface area (Å²) < 4.78 is 0. The van der Waals surface area contributed by atoms with Gasteiger partial charge in [-0.2, -0.15) is 0 Å². The van der Waals surface area contributed by atoms with Gasteiger partial charge in [0.05, 0.1) is 10.7 Å². The number of nitrogens with zero attached hydrogens (tertiary/aromatic N) is 1. The zero-order chi connectivity index (χ0) is 17.0. The third-order valence-electron chi connectivity index (χ3n) is 4.22. The van der Waals surface area contributed by atoms with E-state index >= 15 is 0 Å². The van der Waals surface area contributed by atoms with E-state index in [2.05, 4.69) is 17.6 Å². The summed E-state index contributed by atoms with van der Waals surface area (Å²) in [6.07, 6.45) is 4.28. The molecule has 0 saturated heterocycles. The van der Waals surface area contributed by atoms with E-state index in [1.54, 1.807) is 32.3 Å². The molecule has 0 heterocycles. The van der Waals surface area contributed by atoms with Gasteiger partial charge in [0.1, 0.15) is 0 Å². The fourth-order valence-electron chi connectivity index (χ4n) is 2.76. The molecular weight excluding hydrogens is 314 g/mol. The van der Waals surface area contributed by atoms with Gasteiger partial charge in [-0.3, -0.25) is 4.79 Å². The van der Waals surface area contributed by atoms with Crippen LogP contribution in [0.3, 0.4) is 0 Å². The topological polar surface area (TPSA) is 61.4 Å². The van der Waals surface area contributed by atoms with Crippen LogP contribution in [0.5, 0.6) is 0 Å². The average Bonchev–Trinajstić information content (AvgIpc) is 2.51. The number of rotatable bonds is 3. The molecule has 1 aliphatic carbocycles. The predicted octanol–water partition coefficient (Wildman–Crippen LogP) is 3.74. The van der Waals surface area contributed by atoms with Crippen molar-refractivity contribution in [2.45, 2.75) is 38.6 Å². The van der Waals surface area contributed by atoms with Crippen LogP contribution in [-0.4, -0.2) is 37.0 Å². The fourth-order valence-corrected chi connectivity index (χ4v) is 2.93. The maximum atomic E-state index is 12.2. The molecule has 3 amide bonds. The van der Waals surface area contributed by atoms with Crippen molar-refractivity contribution in [3.8, 4) is 0 Å². The molecule has 2 rings (SSSR count). The van der Waals surface area contributed by atoms with Crippen LogP contribution in [0.1, 0.15) is 43.0 Å². The lowest BCUT2D eigenvalue weighted by Gasteiger charge is -2.27. The van der Waals surface area contributed by atoms with Gasteiger partial charge in [0.15, 0.2) is 0 Å². The lowest BCUT2D eigenvalue weighted by atomic mass is 9.87. The van der Waals surface area contributed by atoms with E-state index in [0.717, 1.165) is 31.6 Å². The van der Waals surface area contributed by atoms with Gasteiger partial charge in [-0.25, -0.2) is 4.79 Å². The molecule has 1 aliphatic rings. The Bertz CT molecular complexity index is 581. The molecule has 126 valence electrons. The Morgan fingerprint density at radius 3 is 2.43 bits per heavy atom. The number of carbonyl (C=O) groups is 2. The summed E-state index contributed by atoms with van der Waals surface area (Å²) in [5.74, 6) is 0.602. The second kappa shape index (κ2) is 7.68. The molecule has 1 saturated carbocycles. The van der Waals surface area contributed by atoms with Crippen molar-refractivity contribution in [2.75, 3.05) is 19.4 Å². The first-order chi connectivity index (χ1) is 10.9. The van der Waals surface area contributed by atoms with Crippen molar-refractivity contribution in [1.82, 2.24) is 10.2 Å². The average molecular weight is 338 g/mol. The molecule has 1 aromatic rings. The van der Waals surface area contributed by atoms with Crippen LogP contribution in [-0.2, 0) is 0 Å². The number of carbonyl (C=O) groups excluding carboxylic acids is 2. The van der Waals surface area contributed by atoms with Crippen molar-refractivity contribution in [3.05, 3.63) is 28.8 Å². The van der Waals surface area contributed by atoms with Crippen LogP contribution in [0.25, 0.3) is 0 Å². The second-order valence-electron chi connectivity index (χ2n) is 6.45. The number of hydrogen-bond acceptors (Lipinski definition) is 2. The van der Waals surface area contributed by atoms with E-state index in [0.29, 0.717) is 16.3 Å². The zero-order valence-electron chi connectivity index (χ0n) is 13.9. The molecule has 5 nitrogen and oxygen atoms in total. The summed E-state index contributed by atoms with van der Waals surface area (Å²) in [6, 6.07) is 4.80. The molecule has 0 spiro atoms. The maximum absolute atomic E-state index is 12.2. The number of halogens is 1. The van der Waals surface area contributed by atoms with Crippen LogP contribution in [0.4, 0.5) is 10.5 Å². The van der Waals surface area contributed by atoms with E-state index in [1.807, 2.05) is 0 Å². The van der Waals surface area contributed by atoms with Crippen molar-refractivity contribution in [3.63, 3.8) is 0 Å². The van der Waals surface area contributed by atoms with Crippen LogP contribution in [0.15, 0.2) is 18.2 Å². The van der Waals surface area contributed by atoms with Crippen molar-refractivity contribution >= 4 is 29.2 Å². The lowest BCUT2D eigenvalue weighted by Crippen LogP contribution is -2.40. The minimum atomic E-state index is -0.277. The minimum absolute atomic E-state index is 0.133. The van der Waals surface area contributed by atoms with Gasteiger partial charge >= 0.3 is 6.03 Å². The smallest absolute Gasteiger partial charge is 0.319 e. The molecule has 0 aromatic heterocycles. The van der Waals surface area contributed by atoms with Crippen LogP contribution in [0, 0.1) is 5.92 Å². The van der Waals surface area contributed by atoms with Gasteiger partial charge < -0.3 is 15.5 Å². The normalized spacial score (nSPS) is 20.7. The van der Waals surface area contributed by atoms with E-state index < -0.39 is 0 Å². The number of nitrogens with one attached hydrogen (secondary N) is 2.